The van der Waals surface area contributed by atoms with Crippen LogP contribution < -0.4 is 5.32 Å². The van der Waals surface area contributed by atoms with E-state index < -0.39 is 0 Å². The van der Waals surface area contributed by atoms with Crippen LogP contribution in [0.25, 0.3) is 0 Å². The van der Waals surface area contributed by atoms with Gasteiger partial charge in [0.2, 0.25) is 0 Å². The van der Waals surface area contributed by atoms with Crippen molar-refractivity contribution in [3.63, 3.8) is 0 Å². The average Bonchev–Trinajstić information content (AvgIpc) is 2.71. The molecule has 2 aliphatic heterocycles. The van der Waals surface area contributed by atoms with Gasteiger partial charge in [0.05, 0.1) is 19.8 Å². The van der Waals surface area contributed by atoms with Gasteiger partial charge in [0.25, 0.3) is 0 Å². The molecule has 0 aromatic rings. The Hall–Kier alpha value is -0.160. The number of morpholine rings is 1. The van der Waals surface area contributed by atoms with E-state index in [4.69, 9.17) is 9.47 Å². The first-order valence-corrected chi connectivity index (χ1v) is 6.63. The third kappa shape index (κ3) is 2.99. The Labute approximate surface area is 105 Å². The zero-order valence-electron chi connectivity index (χ0n) is 11.4. The van der Waals surface area contributed by atoms with Crippen LogP contribution in [0.1, 0.15) is 20.3 Å². The van der Waals surface area contributed by atoms with Gasteiger partial charge in [-0.05, 0) is 27.3 Å². The van der Waals surface area contributed by atoms with Crippen molar-refractivity contribution in [2.45, 2.75) is 25.8 Å². The molecule has 0 radical (unpaired) electrons. The zero-order chi connectivity index (χ0) is 12.4. The van der Waals surface area contributed by atoms with Crippen LogP contribution in [0.5, 0.6) is 0 Å². The van der Waals surface area contributed by atoms with Crippen molar-refractivity contribution in [1.29, 1.82) is 0 Å². The van der Waals surface area contributed by atoms with Gasteiger partial charge in [-0.1, -0.05) is 0 Å². The molecule has 0 aliphatic carbocycles. The predicted molar refractivity (Wildman–Crippen MR) is 68.3 cm³/mol. The van der Waals surface area contributed by atoms with Crippen molar-refractivity contribution in [2.75, 3.05) is 53.1 Å². The Bertz CT molecular complexity index is 250. The first kappa shape index (κ1) is 13.3. The van der Waals surface area contributed by atoms with E-state index in [0.29, 0.717) is 5.41 Å². The van der Waals surface area contributed by atoms with Gasteiger partial charge in [0.1, 0.15) is 0 Å². The van der Waals surface area contributed by atoms with Crippen LogP contribution >= 0.6 is 0 Å². The van der Waals surface area contributed by atoms with Crippen LogP contribution in [0.3, 0.4) is 0 Å². The van der Waals surface area contributed by atoms with Crippen LogP contribution in [-0.4, -0.2) is 63.5 Å². The van der Waals surface area contributed by atoms with E-state index >= 15 is 0 Å². The fourth-order valence-electron chi connectivity index (χ4n) is 2.93. The third-order valence-corrected chi connectivity index (χ3v) is 4.08. The minimum Gasteiger partial charge on any atom is -0.381 e. The Morgan fingerprint density at radius 3 is 2.53 bits per heavy atom. The minimum atomic E-state index is 0.154. The molecule has 0 amide bonds. The summed E-state index contributed by atoms with van der Waals surface area (Å²) in [4.78, 5) is 2.57. The number of nitrogens with zero attached hydrogens (tertiary/aromatic N) is 1. The van der Waals surface area contributed by atoms with Crippen molar-refractivity contribution < 1.29 is 9.47 Å². The second-order valence-corrected chi connectivity index (χ2v) is 6.12. The van der Waals surface area contributed by atoms with Gasteiger partial charge in [0, 0.05) is 37.2 Å². The Balaban J connectivity index is 2.01. The van der Waals surface area contributed by atoms with Crippen molar-refractivity contribution in [2.24, 2.45) is 5.41 Å². The average molecular weight is 242 g/mol. The molecule has 1 N–H and O–H groups in total. The summed E-state index contributed by atoms with van der Waals surface area (Å²) < 4.78 is 11.2. The van der Waals surface area contributed by atoms with Gasteiger partial charge >= 0.3 is 0 Å². The minimum absolute atomic E-state index is 0.154. The summed E-state index contributed by atoms with van der Waals surface area (Å²) in [5.41, 5.74) is 0.449. The van der Waals surface area contributed by atoms with E-state index in [1.165, 1.54) is 6.42 Å². The molecule has 0 aromatic heterocycles. The molecule has 1 atom stereocenters. The van der Waals surface area contributed by atoms with Crippen LogP contribution in [0.2, 0.25) is 0 Å². The number of nitrogens with one attached hydrogen (secondary N) is 1. The maximum absolute atomic E-state index is 5.62. The standard InChI is InChI=1S/C13H26N2O2/c1-12(2)10-17-7-5-15(12)9-13(8-14-3)4-6-16-11-13/h14H,4-11H2,1-3H3. The van der Waals surface area contributed by atoms with Gasteiger partial charge in [0.15, 0.2) is 0 Å². The molecular weight excluding hydrogens is 216 g/mol. The number of rotatable bonds is 4. The van der Waals surface area contributed by atoms with Gasteiger partial charge in [-0.25, -0.2) is 0 Å². The van der Waals surface area contributed by atoms with Gasteiger partial charge < -0.3 is 14.8 Å². The summed E-state index contributed by atoms with van der Waals surface area (Å²) in [5, 5.41) is 3.33. The first-order chi connectivity index (χ1) is 8.08. The Morgan fingerprint density at radius 2 is 1.94 bits per heavy atom. The van der Waals surface area contributed by atoms with Gasteiger partial charge in [-0.15, -0.1) is 0 Å². The van der Waals surface area contributed by atoms with Crippen LogP contribution in [0.4, 0.5) is 0 Å². The van der Waals surface area contributed by atoms with Crippen LogP contribution in [0, 0.1) is 5.41 Å². The third-order valence-electron chi connectivity index (χ3n) is 4.08. The molecule has 1 unspecified atom stereocenters. The summed E-state index contributed by atoms with van der Waals surface area (Å²) >= 11 is 0. The molecule has 2 saturated heterocycles. The lowest BCUT2D eigenvalue weighted by atomic mass is 9.84. The molecule has 0 spiro atoms. The van der Waals surface area contributed by atoms with Gasteiger partial charge in [-0.3, -0.25) is 4.90 Å². The normalized spacial score (nSPS) is 34.1. The fourth-order valence-corrected chi connectivity index (χ4v) is 2.93. The maximum atomic E-state index is 5.62. The summed E-state index contributed by atoms with van der Waals surface area (Å²) in [6.45, 7) is 11.2. The molecule has 0 aromatic carbocycles. The first-order valence-electron chi connectivity index (χ1n) is 6.63. The lowest BCUT2D eigenvalue weighted by Gasteiger charge is -2.46. The van der Waals surface area contributed by atoms with Crippen molar-refractivity contribution in [3.8, 4) is 0 Å². The highest BCUT2D eigenvalue weighted by Gasteiger charge is 2.40. The van der Waals surface area contributed by atoms with E-state index in [0.717, 1.165) is 46.1 Å². The molecule has 100 valence electrons. The topological polar surface area (TPSA) is 33.7 Å². The number of hydrogen-bond donors (Lipinski definition) is 1. The van der Waals surface area contributed by atoms with Crippen LogP contribution in [-0.2, 0) is 9.47 Å². The molecule has 2 aliphatic rings. The fraction of sp³-hybridized carbons (Fsp3) is 1.00. The molecule has 17 heavy (non-hydrogen) atoms. The second-order valence-electron chi connectivity index (χ2n) is 6.12. The summed E-state index contributed by atoms with van der Waals surface area (Å²) in [5.74, 6) is 0. The Kier molecular flexibility index (Phi) is 4.08. The Morgan fingerprint density at radius 1 is 1.18 bits per heavy atom. The molecule has 0 bridgehead atoms. The van der Waals surface area contributed by atoms with Crippen molar-refractivity contribution in [1.82, 2.24) is 10.2 Å². The summed E-state index contributed by atoms with van der Waals surface area (Å²) in [6, 6.07) is 0. The lowest BCUT2D eigenvalue weighted by Crippen LogP contribution is -2.57. The number of hydrogen-bond acceptors (Lipinski definition) is 4. The van der Waals surface area contributed by atoms with E-state index in [9.17, 15) is 0 Å². The molecule has 0 saturated carbocycles. The van der Waals surface area contributed by atoms with Crippen molar-refractivity contribution in [3.05, 3.63) is 0 Å². The van der Waals surface area contributed by atoms with E-state index in [-0.39, 0.29) is 5.54 Å². The highest BCUT2D eigenvalue weighted by atomic mass is 16.5. The summed E-state index contributed by atoms with van der Waals surface area (Å²) in [6.07, 6.45) is 1.17. The summed E-state index contributed by atoms with van der Waals surface area (Å²) in [7, 11) is 2.03. The molecule has 4 nitrogen and oxygen atoms in total. The SMILES string of the molecule is CNCC1(CN2CCOCC2(C)C)CCOC1. The van der Waals surface area contributed by atoms with Crippen LogP contribution in [0.15, 0.2) is 0 Å². The smallest absolute Gasteiger partial charge is 0.0645 e. The second kappa shape index (κ2) is 5.22. The highest BCUT2D eigenvalue weighted by molar-refractivity contribution is 4.93. The van der Waals surface area contributed by atoms with Gasteiger partial charge in [-0.2, -0.15) is 0 Å². The van der Waals surface area contributed by atoms with E-state index in [1.807, 2.05) is 7.05 Å². The highest BCUT2D eigenvalue weighted by Crippen LogP contribution is 2.32. The predicted octanol–water partition coefficient (Wildman–Crippen LogP) is 0.723. The van der Waals surface area contributed by atoms with Crippen molar-refractivity contribution >= 4 is 0 Å². The van der Waals surface area contributed by atoms with E-state index in [2.05, 4.69) is 24.1 Å². The monoisotopic (exact) mass is 242 g/mol. The molecule has 2 rings (SSSR count). The molecule has 4 heteroatoms. The largest absolute Gasteiger partial charge is 0.381 e. The quantitative estimate of drug-likeness (QED) is 0.788. The molecule has 2 fully saturated rings. The van der Waals surface area contributed by atoms with E-state index in [1.54, 1.807) is 0 Å². The zero-order valence-corrected chi connectivity index (χ0v) is 11.4. The number of ether oxygens (including phenoxy) is 2. The lowest BCUT2D eigenvalue weighted by molar-refractivity contribution is -0.0686. The molecule has 2 heterocycles. The maximum Gasteiger partial charge on any atom is 0.0645 e. The molecular formula is C13H26N2O2.